The van der Waals surface area contributed by atoms with E-state index in [1.54, 1.807) is 24.3 Å². The summed E-state index contributed by atoms with van der Waals surface area (Å²) in [6.07, 6.45) is 6.71. The normalized spacial score (nSPS) is 27.7. The quantitative estimate of drug-likeness (QED) is 0.351. The molecule has 0 saturated heterocycles. The largest absolute Gasteiger partial charge is 0.497 e. The van der Waals surface area contributed by atoms with Crippen molar-refractivity contribution in [2.24, 2.45) is 0 Å². The lowest BCUT2D eigenvalue weighted by molar-refractivity contribution is -0.860. The number of aliphatic hydroxyl groups is 2. The molecule has 0 aliphatic heterocycles. The Balaban J connectivity index is 0.000000400. The van der Waals surface area contributed by atoms with Gasteiger partial charge in [0.2, 0.25) is 0 Å². The van der Waals surface area contributed by atoms with E-state index in [1.807, 2.05) is 0 Å². The second-order valence-corrected chi connectivity index (χ2v) is 11.1. The van der Waals surface area contributed by atoms with Crippen LogP contribution >= 0.6 is 12.4 Å². The van der Waals surface area contributed by atoms with Gasteiger partial charge in [0, 0.05) is 20.7 Å². The number of halogens is 1. The highest BCUT2D eigenvalue weighted by Gasteiger charge is 2.40. The highest BCUT2D eigenvalue weighted by molar-refractivity contribution is 5.85. The van der Waals surface area contributed by atoms with Gasteiger partial charge in [0.05, 0.1) is 68.1 Å². The van der Waals surface area contributed by atoms with Crippen molar-refractivity contribution in [3.63, 3.8) is 0 Å². The molecule has 2 fully saturated rings. The van der Waals surface area contributed by atoms with Gasteiger partial charge in [0.1, 0.15) is 11.5 Å². The van der Waals surface area contributed by atoms with Crippen LogP contribution in [0.2, 0.25) is 0 Å². The molecule has 0 amide bonds. The summed E-state index contributed by atoms with van der Waals surface area (Å²) in [5, 5.41) is 22.6. The number of likely N-dealkylation sites (N-methyl/N-ethyl adjacent to an activating group) is 2. The molecule has 0 spiro atoms. The van der Waals surface area contributed by atoms with E-state index in [-0.39, 0.29) is 37.0 Å². The zero-order valence-electron chi connectivity index (χ0n) is 41.3. The molecule has 0 radical (unpaired) electrons. The molecule has 7 heteroatoms. The monoisotopic (exact) mass is 610 g/mol. The van der Waals surface area contributed by atoms with Crippen molar-refractivity contribution in [3.8, 4) is 11.5 Å². The molecule has 0 heterocycles. The van der Waals surface area contributed by atoms with Gasteiger partial charge in [0.25, 0.3) is 0 Å². The van der Waals surface area contributed by atoms with Gasteiger partial charge in [-0.25, -0.2) is 0 Å². The molecule has 232 valence electrons. The molecule has 2 aromatic rings. The molecule has 2 unspecified atom stereocenters. The predicted octanol–water partition coefficient (Wildman–Crippen LogP) is 5.08. The molecule has 6 nitrogen and oxygen atoms in total. The minimum Gasteiger partial charge on any atom is -0.497 e. The van der Waals surface area contributed by atoms with E-state index in [0.717, 1.165) is 38.5 Å². The summed E-state index contributed by atoms with van der Waals surface area (Å²) in [5.41, 5.74) is -1.39. The second kappa shape index (κ2) is 16.7. The minimum absolute atomic E-state index is 0. The van der Waals surface area contributed by atoms with Crippen LogP contribution < -0.4 is 14.4 Å². The van der Waals surface area contributed by atoms with Gasteiger partial charge in [-0.15, -0.1) is 12.4 Å². The van der Waals surface area contributed by atoms with Crippen molar-refractivity contribution in [1.29, 1.82) is 0 Å². The number of benzene rings is 2. The Morgan fingerprint density at radius 1 is 0.732 bits per heavy atom. The summed E-state index contributed by atoms with van der Waals surface area (Å²) < 4.78 is 145. The van der Waals surface area contributed by atoms with Gasteiger partial charge >= 0.3 is 0 Å². The summed E-state index contributed by atoms with van der Waals surface area (Å²) in [4.78, 5) is -0.0961. The van der Waals surface area contributed by atoms with Gasteiger partial charge in [-0.1, -0.05) is 62.8 Å². The average Bonchev–Trinajstić information content (AvgIpc) is 3.03. The van der Waals surface area contributed by atoms with Crippen LogP contribution in [-0.2, 0) is 0 Å². The van der Waals surface area contributed by atoms with Gasteiger partial charge in [-0.2, -0.15) is 0 Å². The second-order valence-electron chi connectivity index (χ2n) is 11.1. The van der Waals surface area contributed by atoms with Crippen LogP contribution in [0.1, 0.15) is 112 Å². The Morgan fingerprint density at radius 3 is 1.59 bits per heavy atom. The Hall–Kier alpha value is -1.83. The molecule has 2 aromatic carbocycles. The van der Waals surface area contributed by atoms with Crippen molar-refractivity contribution in [3.05, 3.63) is 59.7 Å². The first-order chi connectivity index (χ1) is 26.2. The van der Waals surface area contributed by atoms with Crippen molar-refractivity contribution in [1.82, 2.24) is 4.90 Å². The fourth-order valence-electron chi connectivity index (χ4n) is 6.15. The Kier molecular flexibility index (Phi) is 6.88. The molecular formula is C34H56ClN2O4+. The topological polar surface area (TPSA) is 66.6 Å². The first kappa shape index (κ1) is 16.9. The van der Waals surface area contributed by atoms with Crippen LogP contribution in [0.3, 0.4) is 0 Å². The van der Waals surface area contributed by atoms with Gasteiger partial charge in [0.15, 0.2) is 0 Å². The van der Waals surface area contributed by atoms with E-state index >= 15 is 0 Å². The third-order valence-electron chi connectivity index (χ3n) is 8.31. The van der Waals surface area contributed by atoms with Crippen LogP contribution in [0.4, 0.5) is 0 Å². The molecule has 4 rings (SSSR count). The number of nitrogens with one attached hydrogen (secondary N) is 1. The molecule has 2 atom stereocenters. The van der Waals surface area contributed by atoms with Gasteiger partial charge in [-0.05, 0) is 75.0 Å². The van der Waals surface area contributed by atoms with Gasteiger partial charge < -0.3 is 29.5 Å². The van der Waals surface area contributed by atoms with Crippen molar-refractivity contribution < 1.29 is 49.3 Å². The molecule has 2 aliphatic carbocycles. The van der Waals surface area contributed by atoms with E-state index in [9.17, 15) is 10.2 Å². The van der Waals surface area contributed by atoms with Gasteiger partial charge in [-0.3, -0.25) is 0 Å². The van der Waals surface area contributed by atoms with Crippen LogP contribution in [0, 0.1) is 0 Å². The van der Waals surface area contributed by atoms with E-state index in [4.69, 9.17) is 34.1 Å². The highest BCUT2D eigenvalue weighted by Crippen LogP contribution is 2.41. The zero-order valence-corrected chi connectivity index (χ0v) is 24.1. The standard InChI is InChI=1S/2C17H27NO2.ClH/c2*1-18(2)13-16(17(19)11-5-4-6-12-17)14-7-9-15(20-3)10-8-14;/h2*7-10,16,19H,4-6,11-13H2,1-3H3;1H/p+1/i2*1D3,2D3,3D3;. The summed E-state index contributed by atoms with van der Waals surface area (Å²) >= 11 is 0. The molecule has 0 aromatic heterocycles. The predicted molar refractivity (Wildman–Crippen MR) is 171 cm³/mol. The van der Waals surface area contributed by atoms with E-state index < -0.39 is 69.9 Å². The maximum Gasteiger partial charge on any atom is 0.118 e. The Labute approximate surface area is 280 Å². The van der Waals surface area contributed by atoms with Crippen LogP contribution in [0.15, 0.2) is 48.5 Å². The SMILES string of the molecule is Cl.[2H]C([2H])([2H])Oc1ccc(C(CN(C([2H])([2H])[2H])C([2H])([2H])[2H])C2(O)CCCCC2)cc1.[2H]C([2H])([2H])Oc1ccc(C(C[NH+](C([2H])([2H])[2H])C([2H])([2H])[2H])C2(O)CCCCC2)cc1. The van der Waals surface area contributed by atoms with Crippen molar-refractivity contribution in [2.45, 2.75) is 87.2 Å². The smallest absolute Gasteiger partial charge is 0.118 e. The van der Waals surface area contributed by atoms with Crippen molar-refractivity contribution >= 4 is 12.4 Å². The molecule has 41 heavy (non-hydrogen) atoms. The lowest BCUT2D eigenvalue weighted by atomic mass is 9.72. The molecular weight excluding hydrogens is 536 g/mol. The summed E-state index contributed by atoms with van der Waals surface area (Å²) in [6, 6.07) is 12.0. The summed E-state index contributed by atoms with van der Waals surface area (Å²) in [5.74, 6) is -1.29. The fraction of sp³-hybridized carbons (Fsp3) is 0.647. The number of hydrogen-bond acceptors (Lipinski definition) is 5. The summed E-state index contributed by atoms with van der Waals surface area (Å²) in [7, 11) is -5.21. The number of quaternary nitrogens is 1. The highest BCUT2D eigenvalue weighted by atomic mass is 35.5. The van der Waals surface area contributed by atoms with Crippen LogP contribution in [0.5, 0.6) is 11.5 Å². The number of rotatable bonds is 10. The number of hydrogen-bond donors (Lipinski definition) is 3. The molecule has 2 aliphatic rings. The van der Waals surface area contributed by atoms with E-state index in [1.165, 1.54) is 24.3 Å². The zero-order chi connectivity index (χ0) is 44.2. The third kappa shape index (κ3) is 10.1. The van der Waals surface area contributed by atoms with Crippen molar-refractivity contribution in [2.75, 3.05) is 55.1 Å². The fourth-order valence-corrected chi connectivity index (χ4v) is 6.15. The first-order valence-electron chi connectivity index (χ1n) is 22.9. The van der Waals surface area contributed by atoms with Crippen LogP contribution in [-0.4, -0.2) is 81.4 Å². The molecule has 2 saturated carbocycles. The molecule has 3 N–H and O–H groups in total. The number of ether oxygens (including phenoxy) is 2. The maximum atomic E-state index is 11.3. The Bertz CT molecular complexity index is 1420. The number of nitrogens with zero attached hydrogens (tertiary/aromatic N) is 1. The molecule has 0 bridgehead atoms. The lowest BCUT2D eigenvalue weighted by Gasteiger charge is -2.40. The van der Waals surface area contributed by atoms with E-state index in [0.29, 0.717) is 41.7 Å². The third-order valence-corrected chi connectivity index (χ3v) is 8.31. The number of methoxy groups -OCH3 is 2. The van der Waals surface area contributed by atoms with E-state index in [2.05, 4.69) is 0 Å². The minimum atomic E-state index is -2.86. The van der Waals surface area contributed by atoms with Crippen LogP contribution in [0.25, 0.3) is 0 Å². The Morgan fingerprint density at radius 2 is 1.17 bits per heavy atom. The average molecular weight is 610 g/mol. The summed E-state index contributed by atoms with van der Waals surface area (Å²) in [6.45, 7) is -12.0. The lowest BCUT2D eigenvalue weighted by Crippen LogP contribution is -3.06. The first-order valence-corrected chi connectivity index (χ1v) is 13.9. The maximum absolute atomic E-state index is 11.3.